The molecule has 5 nitrogen and oxygen atoms in total. The number of rotatable bonds is 4. The molecule has 0 unspecified atom stereocenters. The molecule has 3 aromatic rings. The molecule has 2 N–H and O–H groups in total. The highest BCUT2D eigenvalue weighted by atomic mass is 79.9. The average Bonchev–Trinajstić information content (AvgIpc) is 3.07. The van der Waals surface area contributed by atoms with E-state index in [4.69, 9.17) is 4.74 Å². The third-order valence-electron chi connectivity index (χ3n) is 3.71. The van der Waals surface area contributed by atoms with E-state index in [0.717, 1.165) is 32.4 Å². The zero-order valence-electron chi connectivity index (χ0n) is 14.4. The summed E-state index contributed by atoms with van der Waals surface area (Å²) >= 11 is 4.92. The maximum atomic E-state index is 13.6. The summed E-state index contributed by atoms with van der Waals surface area (Å²) in [6.07, 6.45) is 0. The highest BCUT2D eigenvalue weighted by molar-refractivity contribution is 9.11. The molecule has 0 aliphatic heterocycles. The van der Waals surface area contributed by atoms with Crippen LogP contribution in [0, 0.1) is 11.6 Å². The summed E-state index contributed by atoms with van der Waals surface area (Å²) in [6.45, 7) is 0. The summed E-state index contributed by atoms with van der Waals surface area (Å²) in [6, 6.07) is 10.9. The van der Waals surface area contributed by atoms with Gasteiger partial charge >= 0.3 is 6.03 Å². The number of carbonyl (C=O) groups is 2. The van der Waals surface area contributed by atoms with Crippen LogP contribution in [0.4, 0.5) is 19.3 Å². The van der Waals surface area contributed by atoms with E-state index in [9.17, 15) is 18.4 Å². The fraction of sp³-hybridized carbons (Fsp3) is 0.0526. The molecule has 0 radical (unpaired) electrons. The number of thiophene rings is 1. The highest BCUT2D eigenvalue weighted by Crippen LogP contribution is 2.38. The van der Waals surface area contributed by atoms with Gasteiger partial charge < -0.3 is 10.1 Å². The smallest absolute Gasteiger partial charge is 0.326 e. The molecular formula is C19H13BrF2N2O3S. The number of ether oxygens (including phenoxy) is 1. The Bertz CT molecular complexity index is 1040. The van der Waals surface area contributed by atoms with E-state index in [0.29, 0.717) is 11.4 Å². The molecule has 0 aliphatic rings. The van der Waals surface area contributed by atoms with Crippen molar-refractivity contribution in [1.29, 1.82) is 0 Å². The van der Waals surface area contributed by atoms with E-state index in [2.05, 4.69) is 21.2 Å². The first-order valence-corrected chi connectivity index (χ1v) is 9.50. The zero-order chi connectivity index (χ0) is 20.3. The lowest BCUT2D eigenvalue weighted by Crippen LogP contribution is -2.35. The van der Waals surface area contributed by atoms with Crippen LogP contribution in [0.5, 0.6) is 5.75 Å². The van der Waals surface area contributed by atoms with E-state index in [-0.39, 0.29) is 0 Å². The molecule has 3 amide bonds. The first-order chi connectivity index (χ1) is 13.4. The fourth-order valence-corrected chi connectivity index (χ4v) is 3.89. The Balaban J connectivity index is 1.74. The van der Waals surface area contributed by atoms with Gasteiger partial charge in [0.05, 0.1) is 10.9 Å². The van der Waals surface area contributed by atoms with Crippen LogP contribution in [-0.2, 0) is 0 Å². The van der Waals surface area contributed by atoms with Crippen LogP contribution in [0.2, 0.25) is 0 Å². The van der Waals surface area contributed by atoms with E-state index >= 15 is 0 Å². The van der Waals surface area contributed by atoms with Crippen molar-refractivity contribution in [3.05, 3.63) is 69.5 Å². The molecule has 0 bridgehead atoms. The Kier molecular flexibility index (Phi) is 6.05. The van der Waals surface area contributed by atoms with E-state index in [1.165, 1.54) is 18.4 Å². The lowest BCUT2D eigenvalue weighted by atomic mass is 10.1. The first kappa shape index (κ1) is 20.0. The monoisotopic (exact) mass is 466 g/mol. The van der Waals surface area contributed by atoms with Gasteiger partial charge in [-0.25, -0.2) is 13.6 Å². The van der Waals surface area contributed by atoms with Gasteiger partial charge in [0.15, 0.2) is 0 Å². The summed E-state index contributed by atoms with van der Waals surface area (Å²) < 4.78 is 33.6. The van der Waals surface area contributed by atoms with Crippen LogP contribution in [0.1, 0.15) is 10.4 Å². The van der Waals surface area contributed by atoms with Crippen LogP contribution in [0.25, 0.3) is 10.4 Å². The summed E-state index contributed by atoms with van der Waals surface area (Å²) in [7, 11) is 1.50. The minimum Gasteiger partial charge on any atom is -0.496 e. The molecule has 0 spiro atoms. The number of halogens is 3. The molecule has 0 atom stereocenters. The predicted octanol–water partition coefficient (Wildman–Crippen LogP) is 5.43. The summed E-state index contributed by atoms with van der Waals surface area (Å²) in [4.78, 5) is 25.0. The number of urea groups is 1. The molecule has 3 rings (SSSR count). The van der Waals surface area contributed by atoms with Crippen molar-refractivity contribution in [2.75, 3.05) is 12.4 Å². The minimum atomic E-state index is -1.18. The van der Waals surface area contributed by atoms with Crippen LogP contribution in [0.3, 0.4) is 0 Å². The van der Waals surface area contributed by atoms with Gasteiger partial charge in [0.2, 0.25) is 0 Å². The average molecular weight is 467 g/mol. The van der Waals surface area contributed by atoms with E-state index in [1.807, 2.05) is 17.4 Å². The zero-order valence-corrected chi connectivity index (χ0v) is 16.8. The molecular weight excluding hydrogens is 454 g/mol. The molecule has 0 saturated heterocycles. The van der Waals surface area contributed by atoms with Gasteiger partial charge in [-0.15, -0.1) is 11.3 Å². The second-order valence-electron chi connectivity index (χ2n) is 5.52. The third-order valence-corrected chi connectivity index (χ3v) is 5.37. The lowest BCUT2D eigenvalue weighted by molar-refractivity contribution is 0.0959. The molecule has 1 heterocycles. The quantitative estimate of drug-likeness (QED) is 0.538. The maximum absolute atomic E-state index is 13.6. The number of amides is 3. The van der Waals surface area contributed by atoms with Crippen LogP contribution in [-0.4, -0.2) is 19.0 Å². The number of benzene rings is 2. The van der Waals surface area contributed by atoms with Crippen molar-refractivity contribution < 1.29 is 23.1 Å². The molecule has 1 aromatic heterocycles. The highest BCUT2D eigenvalue weighted by Gasteiger charge is 2.19. The number of methoxy groups -OCH3 is 1. The fourth-order valence-electron chi connectivity index (χ4n) is 2.47. The normalized spacial score (nSPS) is 10.4. The van der Waals surface area contributed by atoms with Gasteiger partial charge in [0.1, 0.15) is 22.9 Å². The van der Waals surface area contributed by atoms with E-state index in [1.54, 1.807) is 18.2 Å². The van der Waals surface area contributed by atoms with Gasteiger partial charge in [-0.1, -0.05) is 6.07 Å². The number of anilines is 1. The molecule has 28 heavy (non-hydrogen) atoms. The third kappa shape index (κ3) is 4.37. The van der Waals surface area contributed by atoms with Crippen molar-refractivity contribution in [3.8, 4) is 16.2 Å². The Morgan fingerprint density at radius 2 is 1.79 bits per heavy atom. The van der Waals surface area contributed by atoms with Crippen molar-refractivity contribution in [3.63, 3.8) is 0 Å². The standard InChI is InChI=1S/C19H13BrF2N2O3S/c1-27-14-9-10(5-6-11(14)15-7-8-16(20)28-15)23-19(26)24-18(25)17-12(21)3-2-4-13(17)22/h2-9H,1H3,(H2,23,24,25,26). The summed E-state index contributed by atoms with van der Waals surface area (Å²) in [5.74, 6) is -2.78. The largest absolute Gasteiger partial charge is 0.496 e. The van der Waals surface area contributed by atoms with Gasteiger partial charge in [0.25, 0.3) is 5.91 Å². The van der Waals surface area contributed by atoms with Crippen molar-refractivity contribution >= 4 is 44.9 Å². The molecule has 2 aromatic carbocycles. The van der Waals surface area contributed by atoms with Gasteiger partial charge in [-0.2, -0.15) is 0 Å². The Morgan fingerprint density at radius 3 is 2.39 bits per heavy atom. The second kappa shape index (κ2) is 8.49. The SMILES string of the molecule is COc1cc(NC(=O)NC(=O)c2c(F)cccc2F)ccc1-c1ccc(Br)s1. The topological polar surface area (TPSA) is 67.4 Å². The van der Waals surface area contributed by atoms with Gasteiger partial charge in [-0.05, 0) is 52.3 Å². The number of hydrogen-bond donors (Lipinski definition) is 2. The number of carbonyl (C=O) groups excluding carboxylic acids is 2. The predicted molar refractivity (Wildman–Crippen MR) is 107 cm³/mol. The molecule has 0 fully saturated rings. The Labute approximate surface area is 171 Å². The van der Waals surface area contributed by atoms with Crippen molar-refractivity contribution in [2.45, 2.75) is 0 Å². The number of hydrogen-bond acceptors (Lipinski definition) is 4. The first-order valence-electron chi connectivity index (χ1n) is 7.89. The molecule has 0 saturated carbocycles. The second-order valence-corrected chi connectivity index (χ2v) is 7.99. The van der Waals surface area contributed by atoms with Gasteiger partial charge in [0, 0.05) is 22.2 Å². The number of nitrogens with one attached hydrogen (secondary N) is 2. The minimum absolute atomic E-state index is 0.343. The Hall–Kier alpha value is -2.78. The lowest BCUT2D eigenvalue weighted by Gasteiger charge is -2.11. The summed E-state index contributed by atoms with van der Waals surface area (Å²) in [5, 5.41) is 4.34. The summed E-state index contributed by atoms with van der Waals surface area (Å²) in [5.41, 5.74) is 0.345. The number of imide groups is 1. The van der Waals surface area contributed by atoms with Crippen molar-refractivity contribution in [1.82, 2.24) is 5.32 Å². The van der Waals surface area contributed by atoms with E-state index < -0.39 is 29.1 Å². The molecule has 9 heteroatoms. The van der Waals surface area contributed by atoms with Gasteiger partial charge in [-0.3, -0.25) is 10.1 Å². The van der Waals surface area contributed by atoms with Crippen molar-refractivity contribution in [2.24, 2.45) is 0 Å². The molecule has 144 valence electrons. The maximum Gasteiger partial charge on any atom is 0.326 e. The van der Waals surface area contributed by atoms with Crippen LogP contribution in [0.15, 0.2) is 52.3 Å². The van der Waals surface area contributed by atoms with Crippen LogP contribution >= 0.6 is 27.3 Å². The Morgan fingerprint density at radius 1 is 1.07 bits per heavy atom. The molecule has 0 aliphatic carbocycles. The van der Waals surface area contributed by atoms with Crippen LogP contribution < -0.4 is 15.4 Å².